The topological polar surface area (TPSA) is 33.0 Å². The van der Waals surface area contributed by atoms with Crippen LogP contribution in [0.5, 0.6) is 0 Å². The van der Waals surface area contributed by atoms with Gasteiger partial charge in [0, 0.05) is 0 Å². The maximum atomic E-state index is 9.08. The van der Waals surface area contributed by atoms with Gasteiger partial charge in [0.25, 0.3) is 0 Å². The van der Waals surface area contributed by atoms with Crippen LogP contribution in [0.2, 0.25) is 0 Å². The highest BCUT2D eigenvalue weighted by Gasteiger charge is 2.44. The van der Waals surface area contributed by atoms with Crippen molar-refractivity contribution in [3.8, 4) is 6.07 Å². The fraction of sp³-hybridized carbons (Fsp3) is 0.500. The molecule has 0 bridgehead atoms. The van der Waals surface area contributed by atoms with Crippen LogP contribution >= 0.6 is 0 Å². The quantitative estimate of drug-likeness (QED) is 0.772. The summed E-state index contributed by atoms with van der Waals surface area (Å²) in [6.07, 6.45) is 2.27. The molecule has 1 aromatic carbocycles. The zero-order valence-electron chi connectivity index (χ0n) is 9.86. The molecule has 2 heteroatoms. The van der Waals surface area contributed by atoms with Crippen molar-refractivity contribution in [3.05, 3.63) is 35.4 Å². The number of hydrogen-bond acceptors (Lipinski definition) is 2. The molecule has 0 atom stereocenters. The summed E-state index contributed by atoms with van der Waals surface area (Å²) >= 11 is 0. The molecule has 0 aromatic heterocycles. The van der Waals surface area contributed by atoms with E-state index in [0.29, 0.717) is 6.61 Å². The second kappa shape index (κ2) is 4.27. The van der Waals surface area contributed by atoms with Crippen LogP contribution in [-0.2, 0) is 16.8 Å². The molecule has 1 aliphatic carbocycles. The second-order valence-corrected chi connectivity index (χ2v) is 4.75. The Kier molecular flexibility index (Phi) is 2.98. The van der Waals surface area contributed by atoms with E-state index in [1.807, 2.05) is 13.8 Å². The molecule has 1 aliphatic rings. The summed E-state index contributed by atoms with van der Waals surface area (Å²) in [5.74, 6) is 0. The van der Waals surface area contributed by atoms with E-state index in [-0.39, 0.29) is 11.5 Å². The Morgan fingerprint density at radius 2 is 1.94 bits per heavy atom. The van der Waals surface area contributed by atoms with Gasteiger partial charge in [0.2, 0.25) is 0 Å². The van der Waals surface area contributed by atoms with Gasteiger partial charge < -0.3 is 4.74 Å². The van der Waals surface area contributed by atoms with Crippen molar-refractivity contribution < 1.29 is 4.74 Å². The van der Waals surface area contributed by atoms with Gasteiger partial charge >= 0.3 is 0 Å². The lowest BCUT2D eigenvalue weighted by molar-refractivity contribution is 0.0657. The zero-order valence-corrected chi connectivity index (χ0v) is 9.86. The van der Waals surface area contributed by atoms with E-state index in [1.54, 1.807) is 0 Å². The van der Waals surface area contributed by atoms with Crippen molar-refractivity contribution in [2.24, 2.45) is 0 Å². The minimum atomic E-state index is -0.169. The Bertz CT molecular complexity index is 396. The minimum Gasteiger partial charge on any atom is -0.374 e. The first-order valence-corrected chi connectivity index (χ1v) is 5.78. The maximum absolute atomic E-state index is 9.08. The SMILES string of the molecule is CC(C)OCc1ccc(C2(C#N)CC2)cc1. The summed E-state index contributed by atoms with van der Waals surface area (Å²) in [6.45, 7) is 4.71. The Morgan fingerprint density at radius 3 is 2.38 bits per heavy atom. The van der Waals surface area contributed by atoms with Crippen molar-refractivity contribution in [1.29, 1.82) is 5.26 Å². The van der Waals surface area contributed by atoms with E-state index in [9.17, 15) is 0 Å². The lowest BCUT2D eigenvalue weighted by Gasteiger charge is -2.09. The Balaban J connectivity index is 2.03. The summed E-state index contributed by atoms with van der Waals surface area (Å²) in [7, 11) is 0. The summed E-state index contributed by atoms with van der Waals surface area (Å²) in [5, 5.41) is 9.08. The molecule has 2 nitrogen and oxygen atoms in total. The molecular formula is C14H17NO. The molecule has 0 aliphatic heterocycles. The first kappa shape index (κ1) is 11.2. The number of ether oxygens (including phenoxy) is 1. The van der Waals surface area contributed by atoms with Crippen molar-refractivity contribution in [3.63, 3.8) is 0 Å². The van der Waals surface area contributed by atoms with E-state index < -0.39 is 0 Å². The highest BCUT2D eigenvalue weighted by atomic mass is 16.5. The summed E-state index contributed by atoms with van der Waals surface area (Å²) in [6, 6.07) is 10.7. The molecule has 0 N–H and O–H groups in total. The molecule has 1 fully saturated rings. The maximum Gasteiger partial charge on any atom is 0.0823 e. The number of nitriles is 1. The van der Waals surface area contributed by atoms with Crippen LogP contribution in [0.15, 0.2) is 24.3 Å². The van der Waals surface area contributed by atoms with Crippen LogP contribution in [0.25, 0.3) is 0 Å². The van der Waals surface area contributed by atoms with Gasteiger partial charge in [0.05, 0.1) is 24.2 Å². The van der Waals surface area contributed by atoms with Crippen LogP contribution in [0, 0.1) is 11.3 Å². The third-order valence-corrected chi connectivity index (χ3v) is 3.05. The first-order valence-electron chi connectivity index (χ1n) is 5.78. The molecule has 1 saturated carbocycles. The van der Waals surface area contributed by atoms with Gasteiger partial charge in [-0.3, -0.25) is 0 Å². The fourth-order valence-electron chi connectivity index (χ4n) is 1.77. The van der Waals surface area contributed by atoms with Gasteiger partial charge in [-0.25, -0.2) is 0 Å². The minimum absolute atomic E-state index is 0.169. The number of nitrogens with zero attached hydrogens (tertiary/aromatic N) is 1. The largest absolute Gasteiger partial charge is 0.374 e. The van der Waals surface area contributed by atoms with E-state index in [2.05, 4.69) is 30.3 Å². The molecule has 16 heavy (non-hydrogen) atoms. The molecule has 2 rings (SSSR count). The lowest BCUT2D eigenvalue weighted by atomic mass is 9.97. The number of rotatable bonds is 4. The predicted molar refractivity (Wildman–Crippen MR) is 62.9 cm³/mol. The van der Waals surface area contributed by atoms with Crippen molar-refractivity contribution in [2.75, 3.05) is 0 Å². The molecule has 0 saturated heterocycles. The Labute approximate surface area is 96.9 Å². The average Bonchev–Trinajstić information content (AvgIpc) is 3.08. The first-order chi connectivity index (χ1) is 7.66. The monoisotopic (exact) mass is 215 g/mol. The molecular weight excluding hydrogens is 198 g/mol. The molecule has 0 amide bonds. The van der Waals surface area contributed by atoms with Gasteiger partial charge in [-0.1, -0.05) is 24.3 Å². The highest BCUT2D eigenvalue weighted by molar-refractivity contribution is 5.39. The number of benzene rings is 1. The third kappa shape index (κ3) is 2.25. The molecule has 0 radical (unpaired) electrons. The Morgan fingerprint density at radius 1 is 1.31 bits per heavy atom. The smallest absolute Gasteiger partial charge is 0.0823 e. The molecule has 0 unspecified atom stereocenters. The van der Waals surface area contributed by atoms with Crippen LogP contribution in [-0.4, -0.2) is 6.10 Å². The third-order valence-electron chi connectivity index (χ3n) is 3.05. The highest BCUT2D eigenvalue weighted by Crippen LogP contribution is 2.47. The fourth-order valence-corrected chi connectivity index (χ4v) is 1.77. The molecule has 0 heterocycles. The molecule has 1 aromatic rings. The van der Waals surface area contributed by atoms with E-state index >= 15 is 0 Å². The van der Waals surface area contributed by atoms with E-state index in [4.69, 9.17) is 10.00 Å². The van der Waals surface area contributed by atoms with Crippen molar-refractivity contribution in [1.82, 2.24) is 0 Å². The van der Waals surface area contributed by atoms with Crippen LogP contribution in [0.3, 0.4) is 0 Å². The number of hydrogen-bond donors (Lipinski definition) is 0. The molecule has 0 spiro atoms. The summed E-state index contributed by atoms with van der Waals surface area (Å²) in [5.41, 5.74) is 2.16. The van der Waals surface area contributed by atoms with Crippen LogP contribution in [0.4, 0.5) is 0 Å². The van der Waals surface area contributed by atoms with Gasteiger partial charge in [-0.05, 0) is 37.8 Å². The van der Waals surface area contributed by atoms with Gasteiger partial charge in [-0.2, -0.15) is 5.26 Å². The van der Waals surface area contributed by atoms with E-state index in [0.717, 1.165) is 18.4 Å². The molecule has 84 valence electrons. The van der Waals surface area contributed by atoms with Gasteiger partial charge in [0.15, 0.2) is 0 Å². The normalized spacial score (nSPS) is 17.1. The van der Waals surface area contributed by atoms with Crippen molar-refractivity contribution in [2.45, 2.75) is 44.8 Å². The van der Waals surface area contributed by atoms with Crippen molar-refractivity contribution >= 4 is 0 Å². The predicted octanol–water partition coefficient (Wildman–Crippen LogP) is 3.17. The average molecular weight is 215 g/mol. The summed E-state index contributed by atoms with van der Waals surface area (Å²) in [4.78, 5) is 0. The summed E-state index contributed by atoms with van der Waals surface area (Å²) < 4.78 is 5.53. The zero-order chi connectivity index (χ0) is 11.6. The van der Waals surface area contributed by atoms with E-state index in [1.165, 1.54) is 5.56 Å². The second-order valence-electron chi connectivity index (χ2n) is 4.75. The lowest BCUT2D eigenvalue weighted by Crippen LogP contribution is -2.04. The standard InChI is InChI=1S/C14H17NO/c1-11(2)16-9-12-3-5-13(6-4-12)14(10-15)7-8-14/h3-6,11H,7-9H2,1-2H3. The van der Waals surface area contributed by atoms with Gasteiger partial charge in [0.1, 0.15) is 0 Å². The Hall–Kier alpha value is -1.33. The van der Waals surface area contributed by atoms with Crippen LogP contribution in [0.1, 0.15) is 37.8 Å². The van der Waals surface area contributed by atoms with Gasteiger partial charge in [-0.15, -0.1) is 0 Å². The van der Waals surface area contributed by atoms with Crippen LogP contribution < -0.4 is 0 Å².